The number of hydrogen-bond acceptors (Lipinski definition) is 4. The smallest absolute Gasteiger partial charge is 0.252 e. The van der Waals surface area contributed by atoms with Crippen LogP contribution in [0.4, 0.5) is 68.2 Å². The summed E-state index contributed by atoms with van der Waals surface area (Å²) in [6.07, 6.45) is 0. The van der Waals surface area contributed by atoms with Crippen molar-refractivity contribution in [1.82, 2.24) is 0 Å². The third-order valence-corrected chi connectivity index (χ3v) is 17.3. The van der Waals surface area contributed by atoms with Gasteiger partial charge in [0.25, 0.3) is 13.4 Å². The minimum atomic E-state index is -0.110. The number of fused-ring (bicyclic) bond motifs is 10. The largest absolute Gasteiger partial charge is 0.311 e. The molecule has 0 aliphatic carbocycles. The first kappa shape index (κ1) is 44.8. The average Bonchev–Trinajstić information content (AvgIpc) is 3.54. The van der Waals surface area contributed by atoms with Gasteiger partial charge in [-0.25, -0.2) is 0 Å². The molecule has 0 atom stereocenters. The third-order valence-electron chi connectivity index (χ3n) is 17.3. The quantitative estimate of drug-likeness (QED) is 0.122. The molecule has 80 heavy (non-hydrogen) atoms. The molecule has 4 aliphatic heterocycles. The number of benzene rings is 13. The van der Waals surface area contributed by atoms with Gasteiger partial charge in [-0.3, -0.25) is 0 Å². The van der Waals surface area contributed by atoms with Crippen LogP contribution in [0.1, 0.15) is 0 Å². The lowest BCUT2D eigenvalue weighted by Crippen LogP contribution is -2.65. The molecule has 0 spiro atoms. The van der Waals surface area contributed by atoms with Crippen LogP contribution in [0.15, 0.2) is 291 Å². The number of rotatable bonds is 6. The van der Waals surface area contributed by atoms with Crippen molar-refractivity contribution in [3.63, 3.8) is 0 Å². The molecule has 0 saturated heterocycles. The lowest BCUT2D eigenvalue weighted by Gasteiger charge is -2.47. The van der Waals surface area contributed by atoms with Gasteiger partial charge in [-0.05, 0) is 174 Å². The summed E-state index contributed by atoms with van der Waals surface area (Å²) in [5.74, 6) is 0. The van der Waals surface area contributed by atoms with Crippen LogP contribution in [0.25, 0.3) is 43.8 Å². The molecule has 13 aromatic rings. The lowest BCUT2D eigenvalue weighted by atomic mass is 9.30. The van der Waals surface area contributed by atoms with E-state index in [0.29, 0.717) is 0 Å². The van der Waals surface area contributed by atoms with Gasteiger partial charge in [0.1, 0.15) is 0 Å². The molecule has 0 amide bonds. The van der Waals surface area contributed by atoms with Crippen LogP contribution in [0.5, 0.6) is 0 Å². The van der Waals surface area contributed by atoms with E-state index in [4.69, 9.17) is 0 Å². The minimum Gasteiger partial charge on any atom is -0.311 e. The molecular formula is C74H48B2N4. The number of anilines is 12. The predicted octanol–water partition coefficient (Wildman–Crippen LogP) is 15.5. The second-order valence-corrected chi connectivity index (χ2v) is 21.6. The van der Waals surface area contributed by atoms with Crippen molar-refractivity contribution in [2.45, 2.75) is 0 Å². The van der Waals surface area contributed by atoms with Crippen LogP contribution in [-0.4, -0.2) is 13.4 Å². The molecule has 6 heteroatoms. The normalized spacial score (nSPS) is 13.3. The van der Waals surface area contributed by atoms with Crippen molar-refractivity contribution < 1.29 is 0 Å². The van der Waals surface area contributed by atoms with Crippen LogP contribution in [0.3, 0.4) is 0 Å². The van der Waals surface area contributed by atoms with Crippen molar-refractivity contribution >= 4 is 136 Å². The van der Waals surface area contributed by atoms with E-state index in [9.17, 15) is 0 Å². The summed E-state index contributed by atoms with van der Waals surface area (Å²) >= 11 is 0. The number of hydrogen-bond donors (Lipinski definition) is 0. The van der Waals surface area contributed by atoms with Crippen molar-refractivity contribution in [2.75, 3.05) is 19.6 Å². The Morgan fingerprint density at radius 1 is 0.212 bits per heavy atom. The van der Waals surface area contributed by atoms with Gasteiger partial charge < -0.3 is 19.6 Å². The summed E-state index contributed by atoms with van der Waals surface area (Å²) in [6.45, 7) is -0.199. The zero-order chi connectivity index (χ0) is 52.4. The van der Waals surface area contributed by atoms with E-state index in [0.717, 1.165) is 22.7 Å². The van der Waals surface area contributed by atoms with Crippen LogP contribution >= 0.6 is 0 Å². The minimum absolute atomic E-state index is 0.0889. The van der Waals surface area contributed by atoms with Gasteiger partial charge in [0.2, 0.25) is 0 Å². The SMILES string of the molecule is c1ccc(-c2cc3c4c(c2)N(c2ccccc2)c2cc5c(cc2B4c2ccccc2N3c2ccccc2)B2c3ccccc3N(c3ccccc3)c3cc(-c4c6ccccc6cc6ccccc46)cc(c32)N5c2ccccc2)cc1. The van der Waals surface area contributed by atoms with Gasteiger partial charge in [-0.1, -0.05) is 194 Å². The van der Waals surface area contributed by atoms with Crippen molar-refractivity contribution in [1.29, 1.82) is 0 Å². The van der Waals surface area contributed by atoms with Gasteiger partial charge in [-0.15, -0.1) is 0 Å². The molecule has 0 saturated carbocycles. The monoisotopic (exact) mass is 1010 g/mol. The maximum Gasteiger partial charge on any atom is 0.252 e. The third kappa shape index (κ3) is 6.60. The Hall–Kier alpha value is -10.3. The highest BCUT2D eigenvalue weighted by molar-refractivity contribution is 7.03. The van der Waals surface area contributed by atoms with Crippen molar-refractivity contribution in [3.05, 3.63) is 291 Å². The van der Waals surface area contributed by atoms with Gasteiger partial charge >= 0.3 is 0 Å². The zero-order valence-electron chi connectivity index (χ0n) is 43.7. The maximum atomic E-state index is 2.63. The molecule has 4 aliphatic rings. The molecule has 370 valence electrons. The first-order valence-electron chi connectivity index (χ1n) is 27.8. The predicted molar refractivity (Wildman–Crippen MR) is 340 cm³/mol. The Kier molecular flexibility index (Phi) is 9.87. The van der Waals surface area contributed by atoms with Crippen LogP contribution in [0, 0.1) is 0 Å². The Balaban J connectivity index is 1.01. The molecule has 0 N–H and O–H groups in total. The standard InChI is InChI=1S/C74H48B2N4/c1-6-24-49(25-7-1)52-43-68-73-69(44-52)79(56-32-12-4-13-33-56)66-48-67-63(47-62(66)75(73)60-38-20-22-40-64(60)77(68)54-28-8-2-9-29-54)76-61-39-21-23-41-65(61)78(55-30-10-3-11-31-55)70-45-53(46-71(74(70)76)80(67)57-34-14-5-15-35-57)72-58-36-18-16-26-50(58)42-51-27-17-19-37-59(51)72/h1-48H. The highest BCUT2D eigenvalue weighted by Crippen LogP contribution is 2.51. The molecule has 0 bridgehead atoms. The molecule has 4 heterocycles. The number of nitrogens with zero attached hydrogens (tertiary/aromatic N) is 4. The average molecular weight is 1010 g/mol. The molecular weight excluding hydrogens is 966 g/mol. The van der Waals surface area contributed by atoms with Gasteiger partial charge in [0.15, 0.2) is 0 Å². The zero-order valence-corrected chi connectivity index (χ0v) is 43.7. The van der Waals surface area contributed by atoms with Gasteiger partial charge in [0, 0.05) is 68.2 Å². The Morgan fingerprint density at radius 3 is 0.975 bits per heavy atom. The van der Waals surface area contributed by atoms with E-state index in [2.05, 4.69) is 311 Å². The maximum absolute atomic E-state index is 2.63. The van der Waals surface area contributed by atoms with E-state index in [1.807, 2.05) is 0 Å². The summed E-state index contributed by atoms with van der Waals surface area (Å²) in [6, 6.07) is 109. The van der Waals surface area contributed by atoms with Crippen molar-refractivity contribution in [2.24, 2.45) is 0 Å². The summed E-state index contributed by atoms with van der Waals surface area (Å²) in [4.78, 5) is 10.2. The Morgan fingerprint density at radius 2 is 0.550 bits per heavy atom. The highest BCUT2D eigenvalue weighted by atomic mass is 15.2. The lowest BCUT2D eigenvalue weighted by molar-refractivity contribution is 1.23. The summed E-state index contributed by atoms with van der Waals surface area (Å²) in [5.41, 5.74) is 26.4. The van der Waals surface area contributed by atoms with Crippen LogP contribution < -0.4 is 52.4 Å². The summed E-state index contributed by atoms with van der Waals surface area (Å²) in [7, 11) is 0. The van der Waals surface area contributed by atoms with Crippen LogP contribution in [-0.2, 0) is 0 Å². The molecule has 13 aromatic carbocycles. The van der Waals surface area contributed by atoms with Gasteiger partial charge in [-0.2, -0.15) is 0 Å². The van der Waals surface area contributed by atoms with E-state index in [1.54, 1.807) is 0 Å². The molecule has 0 radical (unpaired) electrons. The van der Waals surface area contributed by atoms with E-state index >= 15 is 0 Å². The topological polar surface area (TPSA) is 13.0 Å². The van der Waals surface area contributed by atoms with E-state index < -0.39 is 0 Å². The first-order valence-corrected chi connectivity index (χ1v) is 27.8. The second-order valence-electron chi connectivity index (χ2n) is 21.6. The number of para-hydroxylation sites is 6. The first-order chi connectivity index (χ1) is 39.7. The fraction of sp³-hybridized carbons (Fsp3) is 0. The molecule has 0 aromatic heterocycles. The van der Waals surface area contributed by atoms with E-state index in [-0.39, 0.29) is 13.4 Å². The second kappa shape index (κ2) is 17.6. The van der Waals surface area contributed by atoms with Gasteiger partial charge in [0.05, 0.1) is 0 Å². The summed E-state index contributed by atoms with van der Waals surface area (Å²) < 4.78 is 0. The Bertz CT molecular complexity index is 4580. The molecule has 4 nitrogen and oxygen atoms in total. The van der Waals surface area contributed by atoms with E-state index in [1.165, 1.54) is 122 Å². The molecule has 0 fully saturated rings. The molecule has 17 rings (SSSR count). The van der Waals surface area contributed by atoms with Crippen LogP contribution in [0.2, 0.25) is 0 Å². The molecule has 0 unspecified atom stereocenters. The summed E-state index contributed by atoms with van der Waals surface area (Å²) in [5, 5.41) is 4.92. The fourth-order valence-corrected chi connectivity index (χ4v) is 14.1. The highest BCUT2D eigenvalue weighted by Gasteiger charge is 2.48. The van der Waals surface area contributed by atoms with Crippen molar-refractivity contribution in [3.8, 4) is 22.3 Å². The fourth-order valence-electron chi connectivity index (χ4n) is 14.1. The Labute approximate surface area is 466 Å².